The maximum atomic E-state index is 12.0. The molecule has 0 atom stereocenters. The van der Waals surface area contributed by atoms with E-state index in [0.29, 0.717) is 12.8 Å². The van der Waals surface area contributed by atoms with Crippen molar-refractivity contribution >= 4 is 18.0 Å². The lowest BCUT2D eigenvalue weighted by Gasteiger charge is -2.24. The molecule has 0 bridgehead atoms. The van der Waals surface area contributed by atoms with E-state index in [1.54, 1.807) is 10.8 Å². The highest BCUT2D eigenvalue weighted by Gasteiger charge is 2.42. The standard InChI is InChI=1S/C15H21N3O3/c1-10-12(11(2)18(3)17-10)6-7-13(19)16-15(14(20)21)8-4-5-9-15/h6-7H,4-5,8-9H2,1-3H3,(H,16,19)(H,20,21)/b7-6+. The molecule has 114 valence electrons. The van der Waals surface area contributed by atoms with Gasteiger partial charge in [0.2, 0.25) is 5.91 Å². The van der Waals surface area contributed by atoms with Crippen molar-refractivity contribution in [2.24, 2.45) is 7.05 Å². The van der Waals surface area contributed by atoms with Gasteiger partial charge in [-0.15, -0.1) is 0 Å². The predicted molar refractivity (Wildman–Crippen MR) is 78.7 cm³/mol. The fourth-order valence-electron chi connectivity index (χ4n) is 2.84. The first-order valence-electron chi connectivity index (χ1n) is 7.09. The second-order valence-corrected chi connectivity index (χ2v) is 5.63. The summed E-state index contributed by atoms with van der Waals surface area (Å²) in [4.78, 5) is 23.4. The lowest BCUT2D eigenvalue weighted by molar-refractivity contribution is -0.146. The fraction of sp³-hybridized carbons (Fsp3) is 0.533. The van der Waals surface area contributed by atoms with E-state index < -0.39 is 11.5 Å². The van der Waals surface area contributed by atoms with E-state index in [1.165, 1.54) is 6.08 Å². The molecular formula is C15H21N3O3. The molecule has 1 saturated carbocycles. The van der Waals surface area contributed by atoms with Gasteiger partial charge in [-0.2, -0.15) is 5.10 Å². The van der Waals surface area contributed by atoms with E-state index in [1.807, 2.05) is 20.9 Å². The van der Waals surface area contributed by atoms with Gasteiger partial charge < -0.3 is 10.4 Å². The molecule has 6 heteroatoms. The Morgan fingerprint density at radius 1 is 1.33 bits per heavy atom. The predicted octanol–water partition coefficient (Wildman–Crippen LogP) is 1.56. The molecule has 1 aromatic heterocycles. The van der Waals surface area contributed by atoms with E-state index in [2.05, 4.69) is 10.4 Å². The molecule has 0 saturated heterocycles. The van der Waals surface area contributed by atoms with E-state index in [-0.39, 0.29) is 5.91 Å². The maximum absolute atomic E-state index is 12.0. The number of nitrogens with one attached hydrogen (secondary N) is 1. The number of aromatic nitrogens is 2. The average molecular weight is 291 g/mol. The van der Waals surface area contributed by atoms with E-state index in [4.69, 9.17) is 0 Å². The number of hydrogen-bond donors (Lipinski definition) is 2. The third-order valence-electron chi connectivity index (χ3n) is 4.20. The number of hydrogen-bond acceptors (Lipinski definition) is 3. The number of aryl methyl sites for hydroxylation is 2. The summed E-state index contributed by atoms with van der Waals surface area (Å²) >= 11 is 0. The van der Waals surface area contributed by atoms with Gasteiger partial charge in [0, 0.05) is 24.4 Å². The molecule has 0 aliphatic heterocycles. The minimum Gasteiger partial charge on any atom is -0.480 e. The highest BCUT2D eigenvalue weighted by atomic mass is 16.4. The minimum atomic E-state index is -1.10. The lowest BCUT2D eigenvalue weighted by atomic mass is 9.98. The van der Waals surface area contributed by atoms with Crippen LogP contribution in [0.15, 0.2) is 6.08 Å². The van der Waals surface area contributed by atoms with Crippen LogP contribution in [0.4, 0.5) is 0 Å². The molecule has 1 aliphatic carbocycles. The zero-order chi connectivity index (χ0) is 15.6. The van der Waals surface area contributed by atoms with Crippen LogP contribution in [0, 0.1) is 13.8 Å². The van der Waals surface area contributed by atoms with E-state index >= 15 is 0 Å². The van der Waals surface area contributed by atoms with Crippen LogP contribution < -0.4 is 5.32 Å². The van der Waals surface area contributed by atoms with E-state index in [0.717, 1.165) is 29.8 Å². The molecule has 1 fully saturated rings. The number of carbonyl (C=O) groups is 2. The van der Waals surface area contributed by atoms with Gasteiger partial charge in [-0.25, -0.2) is 4.79 Å². The summed E-state index contributed by atoms with van der Waals surface area (Å²) < 4.78 is 1.75. The molecule has 0 unspecified atom stereocenters. The summed E-state index contributed by atoms with van der Waals surface area (Å²) in [5.41, 5.74) is 1.60. The summed E-state index contributed by atoms with van der Waals surface area (Å²) in [6.07, 6.45) is 5.73. The highest BCUT2D eigenvalue weighted by molar-refractivity contribution is 5.96. The summed E-state index contributed by atoms with van der Waals surface area (Å²) in [6.45, 7) is 3.80. The number of nitrogens with zero attached hydrogens (tertiary/aromatic N) is 2. The molecule has 0 aromatic carbocycles. The van der Waals surface area contributed by atoms with Crippen LogP contribution in [-0.2, 0) is 16.6 Å². The molecule has 1 aliphatic rings. The number of carboxylic acid groups (broad SMARTS) is 1. The van der Waals surface area contributed by atoms with Gasteiger partial charge in [0.1, 0.15) is 5.54 Å². The van der Waals surface area contributed by atoms with Crippen LogP contribution in [0.25, 0.3) is 6.08 Å². The topological polar surface area (TPSA) is 84.2 Å². The van der Waals surface area contributed by atoms with Gasteiger partial charge in [-0.1, -0.05) is 12.8 Å². The van der Waals surface area contributed by atoms with Gasteiger partial charge in [-0.3, -0.25) is 9.48 Å². The SMILES string of the molecule is Cc1nn(C)c(C)c1/C=C/C(=O)NC1(C(=O)O)CCCC1. The summed E-state index contributed by atoms with van der Waals surface area (Å²) in [5, 5.41) is 16.3. The molecule has 2 N–H and O–H groups in total. The number of rotatable bonds is 4. The van der Waals surface area contributed by atoms with Crippen LogP contribution in [0.1, 0.15) is 42.6 Å². The molecule has 6 nitrogen and oxygen atoms in total. The summed E-state index contributed by atoms with van der Waals surface area (Å²) in [6, 6.07) is 0. The van der Waals surface area contributed by atoms with Crippen LogP contribution in [0.2, 0.25) is 0 Å². The molecule has 21 heavy (non-hydrogen) atoms. The normalized spacial score (nSPS) is 17.3. The minimum absolute atomic E-state index is 0.373. The first-order valence-corrected chi connectivity index (χ1v) is 7.09. The summed E-state index contributed by atoms with van der Waals surface area (Å²) in [5.74, 6) is -1.32. The van der Waals surface area contributed by atoms with Crippen molar-refractivity contribution in [3.63, 3.8) is 0 Å². The number of carbonyl (C=O) groups excluding carboxylic acids is 1. The molecule has 0 spiro atoms. The van der Waals surface area contributed by atoms with Crippen molar-refractivity contribution in [1.29, 1.82) is 0 Å². The van der Waals surface area contributed by atoms with Crippen LogP contribution in [0.3, 0.4) is 0 Å². The maximum Gasteiger partial charge on any atom is 0.329 e. The first kappa shape index (κ1) is 15.3. The molecule has 1 heterocycles. The highest BCUT2D eigenvalue weighted by Crippen LogP contribution is 2.29. The average Bonchev–Trinajstić information content (AvgIpc) is 2.96. The lowest BCUT2D eigenvalue weighted by Crippen LogP contribution is -2.52. The zero-order valence-electron chi connectivity index (χ0n) is 12.6. The Kier molecular flexibility index (Phi) is 4.16. The van der Waals surface area contributed by atoms with Crippen molar-refractivity contribution in [2.75, 3.05) is 0 Å². The second-order valence-electron chi connectivity index (χ2n) is 5.63. The van der Waals surface area contributed by atoms with Gasteiger partial charge in [0.05, 0.1) is 5.69 Å². The Hall–Kier alpha value is -2.11. The molecule has 1 aromatic rings. The first-order chi connectivity index (χ1) is 9.85. The smallest absolute Gasteiger partial charge is 0.329 e. The molecule has 1 amide bonds. The van der Waals surface area contributed by atoms with Crippen molar-refractivity contribution in [2.45, 2.75) is 45.1 Å². The van der Waals surface area contributed by atoms with Crippen LogP contribution in [-0.4, -0.2) is 32.3 Å². The van der Waals surface area contributed by atoms with Crippen molar-refractivity contribution in [1.82, 2.24) is 15.1 Å². The summed E-state index contributed by atoms with van der Waals surface area (Å²) in [7, 11) is 1.84. The number of carboxylic acids is 1. The number of amides is 1. The quantitative estimate of drug-likeness (QED) is 0.825. The van der Waals surface area contributed by atoms with Crippen molar-refractivity contribution in [3.05, 3.63) is 23.0 Å². The van der Waals surface area contributed by atoms with Crippen molar-refractivity contribution < 1.29 is 14.7 Å². The fourth-order valence-corrected chi connectivity index (χ4v) is 2.84. The van der Waals surface area contributed by atoms with Crippen molar-refractivity contribution in [3.8, 4) is 0 Å². The Bertz CT molecular complexity index is 596. The second kappa shape index (κ2) is 5.71. The van der Waals surface area contributed by atoms with Crippen LogP contribution in [0.5, 0.6) is 0 Å². The van der Waals surface area contributed by atoms with Gasteiger partial charge in [-0.05, 0) is 32.8 Å². The Morgan fingerprint density at radius 2 is 1.95 bits per heavy atom. The molecular weight excluding hydrogens is 270 g/mol. The largest absolute Gasteiger partial charge is 0.480 e. The Morgan fingerprint density at radius 3 is 2.43 bits per heavy atom. The third kappa shape index (κ3) is 2.99. The Labute approximate surface area is 123 Å². The van der Waals surface area contributed by atoms with Crippen LogP contribution >= 0.6 is 0 Å². The van der Waals surface area contributed by atoms with Gasteiger partial charge in [0.25, 0.3) is 0 Å². The Balaban J connectivity index is 2.11. The van der Waals surface area contributed by atoms with Gasteiger partial charge in [0.15, 0.2) is 0 Å². The third-order valence-corrected chi connectivity index (χ3v) is 4.20. The van der Waals surface area contributed by atoms with E-state index in [9.17, 15) is 14.7 Å². The zero-order valence-corrected chi connectivity index (χ0v) is 12.6. The monoisotopic (exact) mass is 291 g/mol. The molecule has 2 rings (SSSR count). The number of aliphatic carboxylic acids is 1. The molecule has 0 radical (unpaired) electrons. The van der Waals surface area contributed by atoms with Gasteiger partial charge >= 0.3 is 5.97 Å².